The predicted molar refractivity (Wildman–Crippen MR) is 81.5 cm³/mol. The summed E-state index contributed by atoms with van der Waals surface area (Å²) in [5, 5.41) is 5.84. The molecule has 2 aromatic rings. The van der Waals surface area contributed by atoms with Crippen LogP contribution in [-0.4, -0.2) is 22.4 Å². The maximum Gasteiger partial charge on any atom is 0.271 e. The molecule has 0 atom stereocenters. The Morgan fingerprint density at radius 2 is 2.15 bits per heavy atom. The van der Waals surface area contributed by atoms with Crippen molar-refractivity contribution in [2.24, 2.45) is 0 Å². The lowest BCUT2D eigenvalue weighted by Crippen LogP contribution is -2.24. The molecular formula is C14H15BrN4O. The first-order chi connectivity index (χ1) is 9.69. The lowest BCUT2D eigenvalue weighted by Gasteiger charge is -2.06. The summed E-state index contributed by atoms with van der Waals surface area (Å²) >= 11 is 3.39. The van der Waals surface area contributed by atoms with Crippen molar-refractivity contribution in [2.75, 3.05) is 11.9 Å². The number of nitrogens with zero attached hydrogens (tertiary/aromatic N) is 2. The van der Waals surface area contributed by atoms with Gasteiger partial charge in [-0.2, -0.15) is 0 Å². The quantitative estimate of drug-likeness (QED) is 0.881. The van der Waals surface area contributed by atoms with E-state index in [0.717, 1.165) is 16.6 Å². The zero-order valence-electron chi connectivity index (χ0n) is 11.1. The summed E-state index contributed by atoms with van der Waals surface area (Å²) in [7, 11) is 0. The van der Waals surface area contributed by atoms with Gasteiger partial charge >= 0.3 is 0 Å². The van der Waals surface area contributed by atoms with Gasteiger partial charge in [0.2, 0.25) is 0 Å². The fourth-order valence-electron chi connectivity index (χ4n) is 1.64. The van der Waals surface area contributed by atoms with E-state index in [4.69, 9.17) is 0 Å². The second-order valence-corrected chi connectivity index (χ2v) is 5.05. The van der Waals surface area contributed by atoms with Crippen LogP contribution in [0.1, 0.15) is 23.0 Å². The molecule has 0 saturated heterocycles. The van der Waals surface area contributed by atoms with Crippen LogP contribution in [0, 0.1) is 0 Å². The Bertz CT molecular complexity index is 586. The fraction of sp³-hybridized carbons (Fsp3) is 0.214. The van der Waals surface area contributed by atoms with Gasteiger partial charge in [-0.1, -0.05) is 28.1 Å². The Balaban J connectivity index is 1.94. The molecule has 20 heavy (non-hydrogen) atoms. The first kappa shape index (κ1) is 14.5. The number of nitrogens with one attached hydrogen (secondary N) is 2. The highest BCUT2D eigenvalue weighted by molar-refractivity contribution is 9.10. The molecule has 1 amide bonds. The van der Waals surface area contributed by atoms with Gasteiger partial charge in [-0.05, 0) is 24.6 Å². The number of anilines is 1. The van der Waals surface area contributed by atoms with Gasteiger partial charge in [-0.25, -0.2) is 9.97 Å². The molecule has 0 radical (unpaired) electrons. The van der Waals surface area contributed by atoms with E-state index in [0.29, 0.717) is 18.1 Å². The third kappa shape index (κ3) is 4.03. The Morgan fingerprint density at radius 1 is 1.30 bits per heavy atom. The SMILES string of the molecule is CCNc1cnc(C(=O)NCc2cccc(Br)c2)cn1. The molecular weight excluding hydrogens is 320 g/mol. The van der Waals surface area contributed by atoms with E-state index in [1.165, 1.54) is 6.20 Å². The molecule has 1 aromatic carbocycles. The smallest absolute Gasteiger partial charge is 0.271 e. The average molecular weight is 335 g/mol. The van der Waals surface area contributed by atoms with Crippen molar-refractivity contribution in [3.05, 3.63) is 52.4 Å². The minimum atomic E-state index is -0.236. The van der Waals surface area contributed by atoms with Gasteiger partial charge in [0.15, 0.2) is 0 Å². The topological polar surface area (TPSA) is 66.9 Å². The third-order valence-corrected chi connectivity index (χ3v) is 3.08. The molecule has 5 nitrogen and oxygen atoms in total. The Hall–Kier alpha value is -1.95. The first-order valence-electron chi connectivity index (χ1n) is 6.27. The van der Waals surface area contributed by atoms with Crippen molar-refractivity contribution in [3.63, 3.8) is 0 Å². The number of hydrogen-bond donors (Lipinski definition) is 2. The number of hydrogen-bond acceptors (Lipinski definition) is 4. The highest BCUT2D eigenvalue weighted by Gasteiger charge is 2.07. The van der Waals surface area contributed by atoms with Crippen LogP contribution in [0.4, 0.5) is 5.82 Å². The predicted octanol–water partition coefficient (Wildman–Crippen LogP) is 2.60. The van der Waals surface area contributed by atoms with Crippen LogP contribution in [0.15, 0.2) is 41.1 Å². The summed E-state index contributed by atoms with van der Waals surface area (Å²) in [4.78, 5) is 20.1. The molecule has 0 aliphatic carbocycles. The zero-order valence-corrected chi connectivity index (χ0v) is 12.6. The maximum atomic E-state index is 11.9. The molecule has 0 saturated carbocycles. The van der Waals surface area contributed by atoms with Crippen molar-refractivity contribution >= 4 is 27.7 Å². The Labute approximate surface area is 126 Å². The largest absolute Gasteiger partial charge is 0.369 e. The Morgan fingerprint density at radius 3 is 2.80 bits per heavy atom. The minimum Gasteiger partial charge on any atom is -0.369 e. The Kier molecular flexibility index (Phi) is 5.06. The van der Waals surface area contributed by atoms with Gasteiger partial charge in [0.05, 0.1) is 12.4 Å². The molecule has 0 fully saturated rings. The van der Waals surface area contributed by atoms with E-state index in [1.54, 1.807) is 6.20 Å². The highest BCUT2D eigenvalue weighted by Crippen LogP contribution is 2.11. The van der Waals surface area contributed by atoms with E-state index in [9.17, 15) is 4.79 Å². The monoisotopic (exact) mass is 334 g/mol. The van der Waals surface area contributed by atoms with Gasteiger partial charge in [0, 0.05) is 17.6 Å². The molecule has 2 N–H and O–H groups in total. The van der Waals surface area contributed by atoms with Crippen molar-refractivity contribution in [1.29, 1.82) is 0 Å². The van der Waals surface area contributed by atoms with Crippen molar-refractivity contribution in [2.45, 2.75) is 13.5 Å². The van der Waals surface area contributed by atoms with Crippen molar-refractivity contribution in [1.82, 2.24) is 15.3 Å². The molecule has 104 valence electrons. The van der Waals surface area contributed by atoms with E-state index in [-0.39, 0.29) is 5.91 Å². The van der Waals surface area contributed by atoms with Crippen LogP contribution in [0.5, 0.6) is 0 Å². The van der Waals surface area contributed by atoms with Crippen LogP contribution in [0.2, 0.25) is 0 Å². The number of carbonyl (C=O) groups is 1. The van der Waals surface area contributed by atoms with Crippen LogP contribution in [-0.2, 0) is 6.54 Å². The van der Waals surface area contributed by atoms with Gasteiger partial charge in [-0.3, -0.25) is 4.79 Å². The third-order valence-electron chi connectivity index (χ3n) is 2.58. The van der Waals surface area contributed by atoms with E-state index < -0.39 is 0 Å². The van der Waals surface area contributed by atoms with Gasteiger partial charge < -0.3 is 10.6 Å². The molecule has 0 spiro atoms. The summed E-state index contributed by atoms with van der Waals surface area (Å²) in [6.07, 6.45) is 3.02. The van der Waals surface area contributed by atoms with E-state index >= 15 is 0 Å². The van der Waals surface area contributed by atoms with E-state index in [2.05, 4.69) is 36.5 Å². The molecule has 1 aromatic heterocycles. The molecule has 0 aliphatic rings. The molecule has 6 heteroatoms. The van der Waals surface area contributed by atoms with Gasteiger partial charge in [0.1, 0.15) is 11.5 Å². The molecule has 0 bridgehead atoms. The molecule has 1 heterocycles. The maximum absolute atomic E-state index is 11.9. The highest BCUT2D eigenvalue weighted by atomic mass is 79.9. The number of benzene rings is 1. The summed E-state index contributed by atoms with van der Waals surface area (Å²) in [6, 6.07) is 7.78. The normalized spacial score (nSPS) is 10.1. The van der Waals surface area contributed by atoms with Gasteiger partial charge in [0.25, 0.3) is 5.91 Å². The summed E-state index contributed by atoms with van der Waals surface area (Å²) < 4.78 is 0.985. The second kappa shape index (κ2) is 7.00. The van der Waals surface area contributed by atoms with Crippen molar-refractivity contribution < 1.29 is 4.79 Å². The number of rotatable bonds is 5. The number of carbonyl (C=O) groups excluding carboxylic acids is 1. The number of halogens is 1. The lowest BCUT2D eigenvalue weighted by molar-refractivity contribution is 0.0945. The lowest BCUT2D eigenvalue weighted by atomic mass is 10.2. The summed E-state index contributed by atoms with van der Waals surface area (Å²) in [5.74, 6) is 0.427. The standard InChI is InChI=1S/C14H15BrN4O/c1-2-16-13-9-17-12(8-18-13)14(20)19-7-10-4-3-5-11(15)6-10/h3-6,8-9H,2,7H2,1H3,(H,16,18)(H,19,20). The van der Waals surface area contributed by atoms with Crippen LogP contribution >= 0.6 is 15.9 Å². The molecule has 2 rings (SSSR count). The summed E-state index contributed by atoms with van der Waals surface area (Å²) in [6.45, 7) is 3.19. The number of amides is 1. The fourth-order valence-corrected chi connectivity index (χ4v) is 2.08. The second-order valence-electron chi connectivity index (χ2n) is 4.13. The number of aromatic nitrogens is 2. The minimum absolute atomic E-state index is 0.236. The first-order valence-corrected chi connectivity index (χ1v) is 7.07. The van der Waals surface area contributed by atoms with Gasteiger partial charge in [-0.15, -0.1) is 0 Å². The van der Waals surface area contributed by atoms with E-state index in [1.807, 2.05) is 31.2 Å². The summed E-state index contributed by atoms with van der Waals surface area (Å²) in [5.41, 5.74) is 1.33. The van der Waals surface area contributed by atoms with Crippen LogP contribution in [0.3, 0.4) is 0 Å². The zero-order chi connectivity index (χ0) is 14.4. The molecule has 0 unspecified atom stereocenters. The average Bonchev–Trinajstić information content (AvgIpc) is 2.46. The van der Waals surface area contributed by atoms with Crippen LogP contribution in [0.25, 0.3) is 0 Å². The van der Waals surface area contributed by atoms with Crippen molar-refractivity contribution in [3.8, 4) is 0 Å². The molecule has 0 aliphatic heterocycles. The van der Waals surface area contributed by atoms with Crippen LogP contribution < -0.4 is 10.6 Å².